The molecule has 1 saturated heterocycles. The molecule has 1 atom stereocenters. The molecule has 0 bridgehead atoms. The van der Waals surface area contributed by atoms with Crippen LogP contribution < -0.4 is 9.92 Å². The minimum absolute atomic E-state index is 0.131. The highest BCUT2D eigenvalue weighted by molar-refractivity contribution is 9.10. The summed E-state index contributed by atoms with van der Waals surface area (Å²) in [7, 11) is -1.63. The average molecular weight is 462 g/mol. The van der Waals surface area contributed by atoms with Crippen LogP contribution >= 0.6 is 15.9 Å². The van der Waals surface area contributed by atoms with Gasteiger partial charge in [0, 0.05) is 16.5 Å². The summed E-state index contributed by atoms with van der Waals surface area (Å²) >= 11 is 3.77. The van der Waals surface area contributed by atoms with Gasteiger partial charge in [0.05, 0.1) is 14.7 Å². The average Bonchev–Trinajstić information content (AvgIpc) is 2.72. The van der Waals surface area contributed by atoms with Crippen molar-refractivity contribution in [2.45, 2.75) is 71.4 Å². The molecule has 4 heteroatoms. The van der Waals surface area contributed by atoms with Crippen molar-refractivity contribution in [1.29, 1.82) is 0 Å². The van der Waals surface area contributed by atoms with Crippen molar-refractivity contribution >= 4 is 29.2 Å². The van der Waals surface area contributed by atoms with E-state index >= 15 is 0 Å². The predicted molar refractivity (Wildman–Crippen MR) is 125 cm³/mol. The Balaban J connectivity index is 2.21. The monoisotopic (exact) mass is 460 g/mol. The predicted octanol–water partition coefficient (Wildman–Crippen LogP) is 7.05. The molecule has 2 nitrogen and oxygen atoms in total. The quantitative estimate of drug-likeness (QED) is 0.412. The number of aryl methyl sites for hydroxylation is 1. The molecule has 3 rings (SSSR count). The number of benzene rings is 2. The molecule has 0 aromatic heterocycles. The van der Waals surface area contributed by atoms with E-state index < -0.39 is 8.07 Å². The van der Waals surface area contributed by atoms with Gasteiger partial charge in [0.25, 0.3) is 0 Å². The van der Waals surface area contributed by atoms with Crippen LogP contribution in [0.25, 0.3) is 11.1 Å². The number of halogens is 1. The topological polar surface area (TPSA) is 18.5 Å². The smallest absolute Gasteiger partial charge is 0.199 e. The van der Waals surface area contributed by atoms with Crippen LogP contribution in [0, 0.1) is 6.92 Å². The molecule has 0 radical (unpaired) electrons. The van der Waals surface area contributed by atoms with Crippen LogP contribution in [0.4, 0.5) is 0 Å². The summed E-state index contributed by atoms with van der Waals surface area (Å²) < 4.78 is 13.8. The molecular formula is C24H33BrO2Si. The third-order valence-electron chi connectivity index (χ3n) is 6.39. The highest BCUT2D eigenvalue weighted by Gasteiger charge is 2.35. The maximum Gasteiger partial charge on any atom is 0.199 e. The van der Waals surface area contributed by atoms with Crippen LogP contribution in [-0.2, 0) is 4.74 Å². The first-order chi connectivity index (χ1) is 13.5. The minimum Gasteiger partial charge on any atom is -0.464 e. The molecule has 2 aromatic rings. The lowest BCUT2D eigenvalue weighted by molar-refractivity contribution is -0.105. The molecule has 0 N–H and O–H groups in total. The van der Waals surface area contributed by atoms with E-state index in [-0.39, 0.29) is 6.29 Å². The fraction of sp³-hybridized carbons (Fsp3) is 0.500. The van der Waals surface area contributed by atoms with Gasteiger partial charge >= 0.3 is 0 Å². The van der Waals surface area contributed by atoms with Crippen LogP contribution in [-0.4, -0.2) is 21.0 Å². The lowest BCUT2D eigenvalue weighted by Gasteiger charge is -2.34. The molecule has 0 aliphatic carbocycles. The summed E-state index contributed by atoms with van der Waals surface area (Å²) in [5, 5.41) is 1.47. The Morgan fingerprint density at radius 2 is 1.75 bits per heavy atom. The van der Waals surface area contributed by atoms with Crippen molar-refractivity contribution < 1.29 is 9.47 Å². The zero-order valence-corrected chi connectivity index (χ0v) is 20.3. The van der Waals surface area contributed by atoms with E-state index in [1.54, 1.807) is 0 Å². The Hall–Kier alpha value is -1.10. The van der Waals surface area contributed by atoms with Crippen molar-refractivity contribution in [3.8, 4) is 16.9 Å². The molecule has 1 aliphatic heterocycles. The third kappa shape index (κ3) is 4.39. The van der Waals surface area contributed by atoms with Crippen molar-refractivity contribution in [2.24, 2.45) is 0 Å². The van der Waals surface area contributed by atoms with Crippen molar-refractivity contribution in [3.63, 3.8) is 0 Å². The fourth-order valence-electron chi connectivity index (χ4n) is 4.43. The van der Waals surface area contributed by atoms with Gasteiger partial charge in [-0.1, -0.05) is 84.7 Å². The lowest BCUT2D eigenvalue weighted by Crippen LogP contribution is -2.47. The lowest BCUT2D eigenvalue weighted by atomic mass is 10.0. The van der Waals surface area contributed by atoms with Crippen molar-refractivity contribution in [1.82, 2.24) is 0 Å². The van der Waals surface area contributed by atoms with Gasteiger partial charge in [0.1, 0.15) is 5.75 Å². The second-order valence-electron chi connectivity index (χ2n) is 7.92. The van der Waals surface area contributed by atoms with Gasteiger partial charge in [-0.2, -0.15) is 0 Å². The van der Waals surface area contributed by atoms with Crippen LogP contribution in [0.5, 0.6) is 5.75 Å². The van der Waals surface area contributed by atoms with Gasteiger partial charge in [0.2, 0.25) is 0 Å². The molecule has 1 heterocycles. The fourth-order valence-corrected chi connectivity index (χ4v) is 8.78. The summed E-state index contributed by atoms with van der Waals surface area (Å²) in [6, 6.07) is 16.9. The Bertz CT molecular complexity index is 787. The molecular weight excluding hydrogens is 428 g/mol. The van der Waals surface area contributed by atoms with E-state index in [9.17, 15) is 0 Å². The summed E-state index contributed by atoms with van der Waals surface area (Å²) in [4.78, 5) is 0. The van der Waals surface area contributed by atoms with Crippen LogP contribution in [0.1, 0.15) is 45.6 Å². The van der Waals surface area contributed by atoms with Crippen molar-refractivity contribution in [2.75, 3.05) is 6.61 Å². The molecule has 2 aromatic carbocycles. The highest BCUT2D eigenvalue weighted by Crippen LogP contribution is 2.38. The van der Waals surface area contributed by atoms with E-state index in [0.29, 0.717) is 0 Å². The minimum atomic E-state index is -1.63. The summed E-state index contributed by atoms with van der Waals surface area (Å²) in [6.07, 6.45) is 3.15. The third-order valence-corrected chi connectivity index (χ3v) is 12.7. The van der Waals surface area contributed by atoms with E-state index in [2.05, 4.69) is 80.0 Å². The zero-order valence-electron chi connectivity index (χ0n) is 17.7. The number of hydrogen-bond donors (Lipinski definition) is 0. The Labute approximate surface area is 179 Å². The molecule has 1 unspecified atom stereocenters. The standard InChI is InChI=1S/C24H33BrO2Si/c1-5-28(6-2,7-3)22-17-18(4)16-20(19-12-8-9-13-21(19)25)24(22)27-23-14-10-11-15-26-23/h8-9,12-13,16-17,23H,5-7,10-11,14-15H2,1-4H3. The first-order valence-electron chi connectivity index (χ1n) is 10.7. The van der Waals surface area contributed by atoms with Crippen LogP contribution in [0.2, 0.25) is 18.1 Å². The largest absolute Gasteiger partial charge is 0.464 e. The Morgan fingerprint density at radius 3 is 2.36 bits per heavy atom. The van der Waals surface area contributed by atoms with Gasteiger partial charge in [0.15, 0.2) is 6.29 Å². The van der Waals surface area contributed by atoms with Gasteiger partial charge in [-0.05, 0) is 42.6 Å². The summed E-state index contributed by atoms with van der Waals surface area (Å²) in [6.45, 7) is 10.1. The van der Waals surface area contributed by atoms with E-state index in [1.165, 1.54) is 46.4 Å². The van der Waals surface area contributed by atoms with Gasteiger partial charge in [-0.3, -0.25) is 0 Å². The molecule has 28 heavy (non-hydrogen) atoms. The number of hydrogen-bond acceptors (Lipinski definition) is 2. The van der Waals surface area contributed by atoms with Crippen LogP contribution in [0.15, 0.2) is 40.9 Å². The zero-order chi connectivity index (χ0) is 20.1. The summed E-state index contributed by atoms with van der Waals surface area (Å²) in [5.41, 5.74) is 3.71. The highest BCUT2D eigenvalue weighted by atomic mass is 79.9. The van der Waals surface area contributed by atoms with Crippen molar-refractivity contribution in [3.05, 3.63) is 46.4 Å². The molecule has 152 valence electrons. The summed E-state index contributed by atoms with van der Waals surface area (Å²) in [5.74, 6) is 1.07. The van der Waals surface area contributed by atoms with E-state index in [4.69, 9.17) is 9.47 Å². The number of rotatable bonds is 7. The maximum atomic E-state index is 6.69. The Kier molecular flexibility index (Phi) is 7.40. The van der Waals surface area contributed by atoms with Gasteiger partial charge < -0.3 is 9.47 Å². The molecule has 0 amide bonds. The second kappa shape index (κ2) is 9.60. The normalized spacial score (nSPS) is 17.5. The Morgan fingerprint density at radius 1 is 1.04 bits per heavy atom. The van der Waals surface area contributed by atoms with E-state index in [0.717, 1.165) is 29.7 Å². The molecule has 0 spiro atoms. The maximum absolute atomic E-state index is 6.69. The van der Waals surface area contributed by atoms with Gasteiger partial charge in [-0.15, -0.1) is 0 Å². The number of ether oxygens (including phenoxy) is 2. The molecule has 1 fully saturated rings. The first kappa shape index (κ1) is 21.6. The first-order valence-corrected chi connectivity index (χ1v) is 14.1. The molecule has 1 aliphatic rings. The van der Waals surface area contributed by atoms with E-state index in [1.807, 2.05) is 0 Å². The SMILES string of the molecule is CC[Si](CC)(CC)c1cc(C)cc(-c2ccccc2Br)c1OC1CCCCO1. The molecule has 0 saturated carbocycles. The van der Waals surface area contributed by atoms with Crippen LogP contribution in [0.3, 0.4) is 0 Å². The van der Waals surface area contributed by atoms with Gasteiger partial charge in [-0.25, -0.2) is 0 Å². The second-order valence-corrected chi connectivity index (χ2v) is 14.0.